The van der Waals surface area contributed by atoms with Crippen molar-refractivity contribution >= 4 is 44.5 Å². The Bertz CT molecular complexity index is 1590. The SMILES string of the molecule is CCS(=O)(=O)N[C@H](Cc1c[nH]c2ccc(OCCCCO)cc12)C(=O)N[C@@H](CCC(N)=O)C(=O)NCc1ccc(C(=N)N)cc1. The van der Waals surface area contributed by atoms with E-state index < -0.39 is 39.8 Å². The number of primary amides is 1. The van der Waals surface area contributed by atoms with Gasteiger partial charge >= 0.3 is 0 Å². The van der Waals surface area contributed by atoms with E-state index in [1.165, 1.54) is 6.92 Å². The first kappa shape index (κ1) is 35.0. The summed E-state index contributed by atoms with van der Waals surface area (Å²) in [5.41, 5.74) is 13.4. The first-order valence-electron chi connectivity index (χ1n) is 14.6. The van der Waals surface area contributed by atoms with E-state index in [2.05, 4.69) is 20.3 Å². The molecule has 0 unspecified atom stereocenters. The van der Waals surface area contributed by atoms with Gasteiger partial charge in [0.15, 0.2) is 0 Å². The number of H-pyrrole nitrogens is 1. The smallest absolute Gasteiger partial charge is 0.242 e. The number of nitrogens with two attached hydrogens (primary N) is 2. The zero-order valence-electron chi connectivity index (χ0n) is 25.1. The van der Waals surface area contributed by atoms with E-state index in [1.54, 1.807) is 42.6 Å². The van der Waals surface area contributed by atoms with Gasteiger partial charge in [0.2, 0.25) is 27.7 Å². The number of nitrogens with one attached hydrogen (secondary N) is 5. The number of hydrogen-bond acceptors (Lipinski definition) is 8. The molecule has 0 aliphatic carbocycles. The minimum Gasteiger partial charge on any atom is -0.494 e. The van der Waals surface area contributed by atoms with Crippen LogP contribution in [0.25, 0.3) is 10.9 Å². The number of rotatable bonds is 19. The van der Waals surface area contributed by atoms with Crippen LogP contribution in [-0.2, 0) is 37.4 Å². The molecule has 0 aliphatic rings. The predicted octanol–water partition coefficient (Wildman–Crippen LogP) is 0.520. The van der Waals surface area contributed by atoms with Crippen LogP contribution in [0.1, 0.15) is 49.3 Å². The van der Waals surface area contributed by atoms with Gasteiger partial charge in [0.1, 0.15) is 23.7 Å². The van der Waals surface area contributed by atoms with Crippen molar-refractivity contribution in [2.24, 2.45) is 11.5 Å². The second kappa shape index (κ2) is 16.6. The number of aliphatic hydroxyl groups is 1. The van der Waals surface area contributed by atoms with Gasteiger partial charge < -0.3 is 36.9 Å². The van der Waals surface area contributed by atoms with Crippen LogP contribution in [0.5, 0.6) is 5.75 Å². The molecular weight excluding hydrogens is 602 g/mol. The number of nitrogen functional groups attached to an aromatic ring is 1. The van der Waals surface area contributed by atoms with E-state index in [9.17, 15) is 22.8 Å². The first-order chi connectivity index (χ1) is 21.4. The van der Waals surface area contributed by atoms with Crippen LogP contribution >= 0.6 is 0 Å². The summed E-state index contributed by atoms with van der Waals surface area (Å²) in [6, 6.07) is 9.56. The number of fused-ring (bicyclic) bond motifs is 1. The number of amidine groups is 1. The Morgan fingerprint density at radius 2 is 1.78 bits per heavy atom. The highest BCUT2D eigenvalue weighted by molar-refractivity contribution is 7.89. The molecule has 244 valence electrons. The molecule has 1 heterocycles. The van der Waals surface area contributed by atoms with Crippen molar-refractivity contribution in [1.29, 1.82) is 5.41 Å². The highest BCUT2D eigenvalue weighted by atomic mass is 32.2. The molecule has 3 rings (SSSR count). The Labute approximate surface area is 261 Å². The number of benzene rings is 2. The fourth-order valence-corrected chi connectivity index (χ4v) is 5.26. The molecule has 3 aromatic rings. The molecule has 15 heteroatoms. The number of aromatic nitrogens is 1. The van der Waals surface area contributed by atoms with E-state index in [4.69, 9.17) is 26.7 Å². The van der Waals surface area contributed by atoms with Crippen LogP contribution in [0, 0.1) is 5.41 Å². The van der Waals surface area contributed by atoms with Crippen LogP contribution in [-0.4, -0.2) is 73.1 Å². The van der Waals surface area contributed by atoms with Gasteiger partial charge in [-0.3, -0.25) is 19.8 Å². The summed E-state index contributed by atoms with van der Waals surface area (Å²) in [6.45, 7) is 2.01. The van der Waals surface area contributed by atoms with Gasteiger partial charge in [-0.1, -0.05) is 24.3 Å². The average molecular weight is 644 g/mol. The quantitative estimate of drug-likeness (QED) is 0.0519. The molecule has 0 saturated carbocycles. The summed E-state index contributed by atoms with van der Waals surface area (Å²) in [5, 5.41) is 22.5. The first-order valence-corrected chi connectivity index (χ1v) is 16.2. The molecule has 0 spiro atoms. The molecule has 3 amide bonds. The third-order valence-electron chi connectivity index (χ3n) is 7.05. The molecule has 1 aromatic heterocycles. The maximum absolute atomic E-state index is 13.6. The normalized spacial score (nSPS) is 12.8. The van der Waals surface area contributed by atoms with Crippen molar-refractivity contribution < 1.29 is 32.6 Å². The molecule has 0 radical (unpaired) electrons. The van der Waals surface area contributed by atoms with Gasteiger partial charge in [-0.2, -0.15) is 0 Å². The van der Waals surface area contributed by atoms with Gasteiger partial charge in [0, 0.05) is 42.2 Å². The Morgan fingerprint density at radius 3 is 2.42 bits per heavy atom. The van der Waals surface area contributed by atoms with E-state index >= 15 is 0 Å². The number of amides is 3. The van der Waals surface area contributed by atoms with Crippen molar-refractivity contribution in [1.82, 2.24) is 20.3 Å². The molecular formula is C30H41N7O7S. The summed E-state index contributed by atoms with van der Waals surface area (Å²) in [7, 11) is -3.85. The molecule has 2 aromatic carbocycles. The van der Waals surface area contributed by atoms with Gasteiger partial charge in [-0.25, -0.2) is 13.1 Å². The van der Waals surface area contributed by atoms with E-state index in [0.717, 1.165) is 10.9 Å². The van der Waals surface area contributed by atoms with E-state index in [0.29, 0.717) is 41.9 Å². The lowest BCUT2D eigenvalue weighted by Gasteiger charge is -2.23. The molecule has 2 atom stereocenters. The minimum absolute atomic E-state index is 0.0499. The van der Waals surface area contributed by atoms with Gasteiger partial charge in [0.25, 0.3) is 0 Å². The van der Waals surface area contributed by atoms with E-state index in [-0.39, 0.29) is 44.0 Å². The highest BCUT2D eigenvalue weighted by Gasteiger charge is 2.29. The summed E-state index contributed by atoms with van der Waals surface area (Å²) in [6.07, 6.45) is 2.61. The van der Waals surface area contributed by atoms with Gasteiger partial charge in [-0.05, 0) is 61.9 Å². The lowest BCUT2D eigenvalue weighted by molar-refractivity contribution is -0.130. The van der Waals surface area contributed by atoms with Crippen molar-refractivity contribution in [2.75, 3.05) is 19.0 Å². The number of aromatic amines is 1. The average Bonchev–Trinajstić information content (AvgIpc) is 3.41. The summed E-state index contributed by atoms with van der Waals surface area (Å²) < 4.78 is 33.4. The lowest BCUT2D eigenvalue weighted by atomic mass is 10.0. The highest BCUT2D eigenvalue weighted by Crippen LogP contribution is 2.25. The van der Waals surface area contributed by atoms with Crippen molar-refractivity contribution in [3.05, 3.63) is 65.4 Å². The number of carbonyl (C=O) groups excluding carboxylic acids is 3. The van der Waals surface area contributed by atoms with E-state index in [1.807, 2.05) is 6.07 Å². The van der Waals surface area contributed by atoms with Gasteiger partial charge in [-0.15, -0.1) is 0 Å². The topological polar surface area (TPSA) is 243 Å². The number of carbonyl (C=O) groups is 3. The number of aliphatic hydroxyl groups excluding tert-OH is 1. The number of ether oxygens (including phenoxy) is 1. The maximum Gasteiger partial charge on any atom is 0.242 e. The zero-order valence-corrected chi connectivity index (χ0v) is 25.9. The Hall–Kier alpha value is -4.47. The fourth-order valence-electron chi connectivity index (χ4n) is 4.47. The number of sulfonamides is 1. The van der Waals surface area contributed by atoms with Crippen LogP contribution in [0.15, 0.2) is 48.7 Å². The van der Waals surface area contributed by atoms with Crippen LogP contribution in [0.4, 0.5) is 0 Å². The van der Waals surface area contributed by atoms with Crippen molar-refractivity contribution in [2.45, 2.75) is 57.7 Å². The number of hydrogen-bond donors (Lipinski definition) is 8. The van der Waals surface area contributed by atoms with Crippen LogP contribution in [0.3, 0.4) is 0 Å². The Morgan fingerprint density at radius 1 is 1.04 bits per heavy atom. The monoisotopic (exact) mass is 643 g/mol. The molecule has 10 N–H and O–H groups in total. The third kappa shape index (κ3) is 10.9. The van der Waals surface area contributed by atoms with Crippen LogP contribution < -0.4 is 31.6 Å². The molecule has 14 nitrogen and oxygen atoms in total. The number of unbranched alkanes of at least 4 members (excludes halogenated alkanes) is 1. The minimum atomic E-state index is -3.85. The predicted molar refractivity (Wildman–Crippen MR) is 170 cm³/mol. The second-order valence-corrected chi connectivity index (χ2v) is 12.5. The molecule has 0 fully saturated rings. The Balaban J connectivity index is 1.79. The molecule has 0 bridgehead atoms. The summed E-state index contributed by atoms with van der Waals surface area (Å²) in [4.78, 5) is 41.4. The molecule has 0 saturated heterocycles. The second-order valence-electron chi connectivity index (χ2n) is 10.5. The van der Waals surface area contributed by atoms with Gasteiger partial charge in [0.05, 0.1) is 12.4 Å². The van der Waals surface area contributed by atoms with Crippen molar-refractivity contribution in [3.8, 4) is 5.75 Å². The largest absolute Gasteiger partial charge is 0.494 e. The standard InChI is InChI=1S/C30H41N7O7S/c1-2-45(42,43)37-26(15-21-18-34-24-10-9-22(16-23(21)24)44-14-4-3-13-38)30(41)36-25(11-12-27(31)39)29(40)35-17-19-5-7-20(8-6-19)28(32)33/h5-10,16,18,25-26,34,37-38H,2-4,11-15,17H2,1H3,(H2,31,39)(H3,32,33)(H,35,40)(H,36,41)/t25-,26+/m0/s1. The Kier molecular flexibility index (Phi) is 12.9. The maximum atomic E-state index is 13.6. The third-order valence-corrected chi connectivity index (χ3v) is 8.45. The molecule has 0 aliphatic heterocycles. The zero-order chi connectivity index (χ0) is 33.0. The lowest BCUT2D eigenvalue weighted by Crippen LogP contribution is -2.54. The fraction of sp³-hybridized carbons (Fsp3) is 0.400. The summed E-state index contributed by atoms with van der Waals surface area (Å²) in [5.74, 6) is -1.80. The van der Waals surface area contributed by atoms with Crippen molar-refractivity contribution in [3.63, 3.8) is 0 Å². The summed E-state index contributed by atoms with van der Waals surface area (Å²) >= 11 is 0. The van der Waals surface area contributed by atoms with Crippen LogP contribution in [0.2, 0.25) is 0 Å². The molecule has 45 heavy (non-hydrogen) atoms.